The number of nitrogens with one attached hydrogen (secondary N) is 1. The number of halogens is 3. The number of hydrogen-bond acceptors (Lipinski definition) is 5. The first-order valence-corrected chi connectivity index (χ1v) is 10.7. The molecule has 0 spiro atoms. The summed E-state index contributed by atoms with van der Waals surface area (Å²) in [4.78, 5) is 28.0. The van der Waals surface area contributed by atoms with Gasteiger partial charge in [0.2, 0.25) is 0 Å². The standard InChI is InChI=1S/C23H26F3N3O4/c1-12-3-4-15(30)8-17(12)21-5-6-29(11-23(24,25)26)13(2)22(21,33)9-14-7-16(19(27)31)20(32)28-18(14)10-21/h3-4,7-8,13,30,33H,5-6,9-11H2,1-2H3,(H2,27,31)(H,28,32). The van der Waals surface area contributed by atoms with Crippen LogP contribution in [0.5, 0.6) is 5.75 Å². The van der Waals surface area contributed by atoms with Gasteiger partial charge in [0, 0.05) is 30.0 Å². The third-order valence-electron chi connectivity index (χ3n) is 7.43. The number of pyridine rings is 1. The van der Waals surface area contributed by atoms with E-state index in [-0.39, 0.29) is 37.1 Å². The number of H-pyrrole nitrogens is 1. The van der Waals surface area contributed by atoms with Gasteiger partial charge in [-0.1, -0.05) is 6.07 Å². The molecule has 3 atom stereocenters. The zero-order valence-electron chi connectivity index (χ0n) is 18.3. The minimum absolute atomic E-state index is 0.0268. The lowest BCUT2D eigenvalue weighted by molar-refractivity contribution is -0.190. The minimum Gasteiger partial charge on any atom is -0.508 e. The molecule has 33 heavy (non-hydrogen) atoms. The third-order valence-corrected chi connectivity index (χ3v) is 7.43. The number of aromatic nitrogens is 1. The molecule has 0 saturated carbocycles. The molecule has 1 fully saturated rings. The van der Waals surface area contributed by atoms with E-state index in [4.69, 9.17) is 5.73 Å². The number of phenols is 1. The number of aromatic hydroxyl groups is 1. The zero-order chi connectivity index (χ0) is 24.3. The lowest BCUT2D eigenvalue weighted by atomic mass is 9.53. The highest BCUT2D eigenvalue weighted by Gasteiger charge is 2.61. The molecule has 1 aromatic carbocycles. The molecular weight excluding hydrogens is 439 g/mol. The van der Waals surface area contributed by atoms with Crippen molar-refractivity contribution < 1.29 is 28.2 Å². The first-order chi connectivity index (χ1) is 15.3. The van der Waals surface area contributed by atoms with E-state index in [9.17, 15) is 33.0 Å². The molecule has 10 heteroatoms. The number of hydrogen-bond donors (Lipinski definition) is 4. The summed E-state index contributed by atoms with van der Waals surface area (Å²) in [7, 11) is 0. The smallest absolute Gasteiger partial charge is 0.401 e. The first-order valence-electron chi connectivity index (χ1n) is 10.7. The number of primary amides is 1. The largest absolute Gasteiger partial charge is 0.508 e. The number of benzene rings is 1. The van der Waals surface area contributed by atoms with E-state index in [0.717, 1.165) is 5.56 Å². The SMILES string of the molecule is Cc1ccc(O)cc1C12CCN(CC(F)(F)F)C(C)C1(O)Cc1cc(C(N)=O)c(=O)[nH]c1C2. The predicted octanol–water partition coefficient (Wildman–Crippen LogP) is 1.91. The topological polar surface area (TPSA) is 120 Å². The fourth-order valence-corrected chi connectivity index (χ4v) is 5.74. The summed E-state index contributed by atoms with van der Waals surface area (Å²) >= 11 is 0. The van der Waals surface area contributed by atoms with E-state index in [2.05, 4.69) is 4.98 Å². The number of aliphatic hydroxyl groups is 1. The molecule has 7 nitrogen and oxygen atoms in total. The van der Waals surface area contributed by atoms with Gasteiger partial charge in [0.1, 0.15) is 11.3 Å². The summed E-state index contributed by atoms with van der Waals surface area (Å²) in [6.45, 7) is 2.27. The third kappa shape index (κ3) is 3.71. The fraction of sp³-hybridized carbons (Fsp3) is 0.478. The van der Waals surface area contributed by atoms with Crippen LogP contribution in [0.15, 0.2) is 29.1 Å². The molecular formula is C23H26F3N3O4. The number of phenolic OH excluding ortho intramolecular Hbond substituents is 1. The molecule has 2 aromatic rings. The van der Waals surface area contributed by atoms with Gasteiger partial charge in [0.15, 0.2) is 0 Å². The Morgan fingerprint density at radius 3 is 2.64 bits per heavy atom. The van der Waals surface area contributed by atoms with E-state index in [1.54, 1.807) is 13.0 Å². The van der Waals surface area contributed by atoms with Crippen LogP contribution >= 0.6 is 0 Å². The van der Waals surface area contributed by atoms with Crippen molar-refractivity contribution in [2.24, 2.45) is 5.73 Å². The number of piperidine rings is 1. The number of carbonyl (C=O) groups is 1. The molecule has 0 bridgehead atoms. The maximum atomic E-state index is 13.3. The van der Waals surface area contributed by atoms with Gasteiger partial charge < -0.3 is 20.9 Å². The number of amides is 1. The van der Waals surface area contributed by atoms with Crippen molar-refractivity contribution in [1.82, 2.24) is 9.88 Å². The van der Waals surface area contributed by atoms with Gasteiger partial charge in [-0.2, -0.15) is 13.2 Å². The minimum atomic E-state index is -4.44. The molecule has 1 aliphatic carbocycles. The Hall–Kier alpha value is -2.85. The number of aryl methyl sites for hydroxylation is 1. The molecule has 1 saturated heterocycles. The molecule has 0 radical (unpaired) electrons. The molecule has 2 aliphatic rings. The molecule has 5 N–H and O–H groups in total. The second kappa shape index (κ2) is 7.59. The highest BCUT2D eigenvalue weighted by Crippen LogP contribution is 2.53. The number of fused-ring (bicyclic) bond motifs is 2. The average molecular weight is 465 g/mol. The number of rotatable bonds is 3. The second-order valence-corrected chi connectivity index (χ2v) is 9.25. The molecule has 1 aromatic heterocycles. The fourth-order valence-electron chi connectivity index (χ4n) is 5.74. The number of aromatic amines is 1. The molecule has 2 heterocycles. The number of alkyl halides is 3. The maximum absolute atomic E-state index is 13.3. The Kier molecular flexibility index (Phi) is 5.37. The Morgan fingerprint density at radius 1 is 1.30 bits per heavy atom. The number of nitrogens with zero attached hydrogens (tertiary/aromatic N) is 1. The monoisotopic (exact) mass is 465 g/mol. The van der Waals surface area contributed by atoms with Crippen molar-refractivity contribution in [2.75, 3.05) is 13.1 Å². The van der Waals surface area contributed by atoms with Gasteiger partial charge in [-0.15, -0.1) is 0 Å². The van der Waals surface area contributed by atoms with Crippen molar-refractivity contribution in [3.8, 4) is 5.75 Å². The Morgan fingerprint density at radius 2 is 2.00 bits per heavy atom. The number of carbonyl (C=O) groups excluding carboxylic acids is 1. The highest BCUT2D eigenvalue weighted by atomic mass is 19.4. The molecule has 3 unspecified atom stereocenters. The molecule has 4 rings (SSSR count). The van der Waals surface area contributed by atoms with Crippen molar-refractivity contribution in [1.29, 1.82) is 0 Å². The highest BCUT2D eigenvalue weighted by molar-refractivity contribution is 5.92. The van der Waals surface area contributed by atoms with E-state index in [1.165, 1.54) is 23.1 Å². The van der Waals surface area contributed by atoms with Gasteiger partial charge in [0.05, 0.1) is 12.1 Å². The maximum Gasteiger partial charge on any atom is 0.401 e. The van der Waals surface area contributed by atoms with Crippen LogP contribution in [0.25, 0.3) is 0 Å². The van der Waals surface area contributed by atoms with Crippen molar-refractivity contribution >= 4 is 5.91 Å². The predicted molar refractivity (Wildman–Crippen MR) is 114 cm³/mol. The Balaban J connectivity index is 1.93. The van der Waals surface area contributed by atoms with Gasteiger partial charge in [0.25, 0.3) is 11.5 Å². The number of nitrogens with two attached hydrogens (primary N) is 1. The van der Waals surface area contributed by atoms with Crippen LogP contribution < -0.4 is 11.3 Å². The summed E-state index contributed by atoms with van der Waals surface area (Å²) in [5.74, 6) is -0.955. The molecule has 1 amide bonds. The lowest BCUT2D eigenvalue weighted by Gasteiger charge is -2.60. The van der Waals surface area contributed by atoms with Crippen LogP contribution in [0.3, 0.4) is 0 Å². The van der Waals surface area contributed by atoms with Crippen LogP contribution in [0.1, 0.15) is 46.1 Å². The second-order valence-electron chi connectivity index (χ2n) is 9.25. The van der Waals surface area contributed by atoms with Crippen molar-refractivity contribution in [2.45, 2.75) is 56.3 Å². The van der Waals surface area contributed by atoms with Crippen LogP contribution in [-0.4, -0.2) is 56.9 Å². The van der Waals surface area contributed by atoms with E-state index in [0.29, 0.717) is 16.8 Å². The Labute approximate surface area is 188 Å². The lowest BCUT2D eigenvalue weighted by Crippen LogP contribution is -2.71. The van der Waals surface area contributed by atoms with E-state index in [1.807, 2.05) is 6.92 Å². The first kappa shape index (κ1) is 23.3. The van der Waals surface area contributed by atoms with Crippen LogP contribution in [0.4, 0.5) is 13.2 Å². The average Bonchev–Trinajstić information content (AvgIpc) is 2.70. The quantitative estimate of drug-likeness (QED) is 0.552. The van der Waals surface area contributed by atoms with E-state index >= 15 is 0 Å². The van der Waals surface area contributed by atoms with Crippen LogP contribution in [0, 0.1) is 6.92 Å². The normalized spacial score (nSPS) is 27.6. The van der Waals surface area contributed by atoms with Gasteiger partial charge in [-0.3, -0.25) is 14.5 Å². The van der Waals surface area contributed by atoms with Gasteiger partial charge in [-0.25, -0.2) is 0 Å². The van der Waals surface area contributed by atoms with Crippen molar-refractivity contribution in [3.63, 3.8) is 0 Å². The summed E-state index contributed by atoms with van der Waals surface area (Å²) in [5.41, 5.74) is 3.96. The molecule has 1 aliphatic heterocycles. The van der Waals surface area contributed by atoms with E-state index < -0.39 is 41.2 Å². The number of likely N-dealkylation sites (tertiary alicyclic amines) is 1. The van der Waals surface area contributed by atoms with Gasteiger partial charge in [-0.05, 0) is 61.7 Å². The van der Waals surface area contributed by atoms with Crippen molar-refractivity contribution in [3.05, 3.63) is 62.6 Å². The Bertz CT molecular complexity index is 1180. The van der Waals surface area contributed by atoms with Crippen LogP contribution in [0.2, 0.25) is 0 Å². The zero-order valence-corrected chi connectivity index (χ0v) is 18.3. The van der Waals surface area contributed by atoms with Gasteiger partial charge >= 0.3 is 6.18 Å². The summed E-state index contributed by atoms with van der Waals surface area (Å²) in [5, 5.41) is 22.4. The summed E-state index contributed by atoms with van der Waals surface area (Å²) in [6.07, 6.45) is -4.23. The van der Waals surface area contributed by atoms with Crippen LogP contribution in [-0.2, 0) is 18.3 Å². The molecule has 178 valence electrons. The summed E-state index contributed by atoms with van der Waals surface area (Å²) < 4.78 is 39.8. The summed E-state index contributed by atoms with van der Waals surface area (Å²) in [6, 6.07) is 5.15.